The Bertz CT molecular complexity index is 557. The van der Waals surface area contributed by atoms with Crippen molar-refractivity contribution < 1.29 is 4.79 Å². The fourth-order valence-corrected chi connectivity index (χ4v) is 2.39. The van der Waals surface area contributed by atoms with Crippen molar-refractivity contribution >= 4 is 22.9 Å². The Labute approximate surface area is 105 Å². The van der Waals surface area contributed by atoms with Gasteiger partial charge in [-0.1, -0.05) is 12.1 Å². The number of hydrogen-bond acceptors (Lipinski definition) is 2. The summed E-state index contributed by atoms with van der Waals surface area (Å²) in [5, 5.41) is 2.95. The number of anilines is 1. The average molecular weight is 245 g/mol. The van der Waals surface area contributed by atoms with Crippen LogP contribution in [0.5, 0.6) is 0 Å². The molecule has 17 heavy (non-hydrogen) atoms. The van der Waals surface area contributed by atoms with Crippen molar-refractivity contribution in [2.75, 3.05) is 5.32 Å². The molecule has 0 bridgehead atoms. The lowest BCUT2D eigenvalue weighted by molar-refractivity contribution is 0.103. The largest absolute Gasteiger partial charge is 0.321 e. The van der Waals surface area contributed by atoms with Gasteiger partial charge in [0.2, 0.25) is 0 Å². The lowest BCUT2D eigenvalue weighted by atomic mass is 10.1. The molecule has 1 amide bonds. The Morgan fingerprint density at radius 2 is 1.88 bits per heavy atom. The zero-order valence-corrected chi connectivity index (χ0v) is 11.0. The highest BCUT2D eigenvalue weighted by atomic mass is 32.1. The zero-order chi connectivity index (χ0) is 12.4. The van der Waals surface area contributed by atoms with E-state index in [1.165, 1.54) is 16.9 Å². The number of hydrogen-bond donors (Lipinski definition) is 1. The van der Waals surface area contributed by atoms with Gasteiger partial charge in [0, 0.05) is 10.6 Å². The average Bonchev–Trinajstić information content (AvgIpc) is 2.72. The maximum absolute atomic E-state index is 12.0. The molecule has 1 aromatic heterocycles. The number of carbonyl (C=O) groups excluding carboxylic acids is 1. The van der Waals surface area contributed by atoms with E-state index in [-0.39, 0.29) is 5.91 Å². The molecule has 0 saturated carbocycles. The van der Waals surface area contributed by atoms with Crippen molar-refractivity contribution in [1.82, 2.24) is 0 Å². The normalized spacial score (nSPS) is 10.3. The van der Waals surface area contributed by atoms with Crippen molar-refractivity contribution in [3.63, 3.8) is 0 Å². The van der Waals surface area contributed by atoms with Crippen molar-refractivity contribution in [2.24, 2.45) is 0 Å². The number of carbonyl (C=O) groups is 1. The van der Waals surface area contributed by atoms with Crippen LogP contribution in [0.2, 0.25) is 0 Å². The second kappa shape index (κ2) is 4.72. The summed E-state index contributed by atoms with van der Waals surface area (Å²) in [6, 6.07) is 9.75. The van der Waals surface area contributed by atoms with E-state index in [0.29, 0.717) is 0 Å². The number of thiophene rings is 1. The molecule has 0 saturated heterocycles. The lowest BCUT2D eigenvalue weighted by Gasteiger charge is -2.09. The third kappa shape index (κ3) is 2.56. The molecule has 1 N–H and O–H groups in total. The Kier molecular flexibility index (Phi) is 3.29. The first-order valence-corrected chi connectivity index (χ1v) is 6.33. The third-order valence-corrected chi connectivity index (χ3v) is 3.82. The smallest absolute Gasteiger partial charge is 0.265 e. The molecule has 3 heteroatoms. The van der Waals surface area contributed by atoms with Gasteiger partial charge in [0.25, 0.3) is 5.91 Å². The highest BCUT2D eigenvalue weighted by Gasteiger charge is 2.09. The second-order valence-corrected chi connectivity index (χ2v) is 5.40. The van der Waals surface area contributed by atoms with E-state index in [9.17, 15) is 4.79 Å². The first-order valence-electron chi connectivity index (χ1n) is 5.52. The van der Waals surface area contributed by atoms with Gasteiger partial charge in [0.05, 0.1) is 4.88 Å². The van der Waals surface area contributed by atoms with Gasteiger partial charge in [0.15, 0.2) is 0 Å². The maximum atomic E-state index is 12.0. The van der Waals surface area contributed by atoms with Crippen LogP contribution in [0.15, 0.2) is 30.3 Å². The predicted molar refractivity (Wildman–Crippen MR) is 72.9 cm³/mol. The van der Waals surface area contributed by atoms with E-state index < -0.39 is 0 Å². The standard InChI is InChI=1S/C14H15NOS/c1-9-5-4-6-12(11(9)3)15-14(16)13-8-7-10(2)17-13/h4-8H,1-3H3,(H,15,16). The minimum Gasteiger partial charge on any atom is -0.321 e. The molecule has 2 rings (SSSR count). The second-order valence-electron chi connectivity index (χ2n) is 4.11. The third-order valence-electron chi connectivity index (χ3n) is 2.82. The summed E-state index contributed by atoms with van der Waals surface area (Å²) in [5.74, 6) is -0.0307. The van der Waals surface area contributed by atoms with Gasteiger partial charge in [0.1, 0.15) is 0 Å². The van der Waals surface area contributed by atoms with E-state index in [1.54, 1.807) is 0 Å². The van der Waals surface area contributed by atoms with Gasteiger partial charge in [-0.25, -0.2) is 0 Å². The number of aryl methyl sites for hydroxylation is 2. The summed E-state index contributed by atoms with van der Waals surface area (Å²) >= 11 is 1.51. The van der Waals surface area contributed by atoms with E-state index in [4.69, 9.17) is 0 Å². The van der Waals surface area contributed by atoms with Crippen LogP contribution in [0.25, 0.3) is 0 Å². The van der Waals surface area contributed by atoms with Crippen LogP contribution >= 0.6 is 11.3 Å². The minimum absolute atomic E-state index is 0.0307. The SMILES string of the molecule is Cc1ccc(C(=O)Nc2cccc(C)c2C)s1. The molecule has 2 aromatic rings. The number of rotatable bonds is 2. The number of benzene rings is 1. The Hall–Kier alpha value is -1.61. The number of amides is 1. The van der Waals surface area contributed by atoms with Crippen LogP contribution in [0, 0.1) is 20.8 Å². The van der Waals surface area contributed by atoms with Gasteiger partial charge >= 0.3 is 0 Å². The molecule has 0 spiro atoms. The summed E-state index contributed by atoms with van der Waals surface area (Å²) < 4.78 is 0. The molecule has 1 aromatic carbocycles. The highest BCUT2D eigenvalue weighted by molar-refractivity contribution is 7.14. The fraction of sp³-hybridized carbons (Fsp3) is 0.214. The molecular formula is C14H15NOS. The molecule has 88 valence electrons. The quantitative estimate of drug-likeness (QED) is 0.853. The molecule has 0 aliphatic carbocycles. The monoisotopic (exact) mass is 245 g/mol. The Morgan fingerprint density at radius 1 is 1.12 bits per heavy atom. The fourth-order valence-electron chi connectivity index (χ4n) is 1.63. The molecular weight excluding hydrogens is 230 g/mol. The molecule has 1 heterocycles. The number of nitrogens with one attached hydrogen (secondary N) is 1. The minimum atomic E-state index is -0.0307. The molecule has 0 aliphatic heterocycles. The Morgan fingerprint density at radius 3 is 2.53 bits per heavy atom. The summed E-state index contributed by atoms with van der Waals surface area (Å²) in [7, 11) is 0. The van der Waals surface area contributed by atoms with Crippen LogP contribution in [0.1, 0.15) is 25.7 Å². The van der Waals surface area contributed by atoms with Crippen LogP contribution in [0.4, 0.5) is 5.69 Å². The molecule has 0 atom stereocenters. The predicted octanol–water partition coefficient (Wildman–Crippen LogP) is 3.93. The summed E-state index contributed by atoms with van der Waals surface area (Å²) in [6.45, 7) is 6.06. The van der Waals surface area contributed by atoms with Gasteiger partial charge < -0.3 is 5.32 Å². The van der Waals surface area contributed by atoms with Gasteiger partial charge in [-0.05, 0) is 50.1 Å². The van der Waals surface area contributed by atoms with Crippen molar-refractivity contribution in [3.05, 3.63) is 51.2 Å². The Balaban J connectivity index is 2.21. The van der Waals surface area contributed by atoms with Crippen LogP contribution < -0.4 is 5.32 Å². The van der Waals surface area contributed by atoms with Crippen molar-refractivity contribution in [1.29, 1.82) is 0 Å². The van der Waals surface area contributed by atoms with E-state index >= 15 is 0 Å². The van der Waals surface area contributed by atoms with E-state index in [0.717, 1.165) is 21.0 Å². The molecule has 0 radical (unpaired) electrons. The van der Waals surface area contributed by atoms with E-state index in [1.807, 2.05) is 51.1 Å². The van der Waals surface area contributed by atoms with Crippen molar-refractivity contribution in [2.45, 2.75) is 20.8 Å². The summed E-state index contributed by atoms with van der Waals surface area (Å²) in [4.78, 5) is 13.9. The van der Waals surface area contributed by atoms with Crippen LogP contribution in [-0.4, -0.2) is 5.91 Å². The first-order chi connectivity index (χ1) is 8.08. The molecule has 2 nitrogen and oxygen atoms in total. The summed E-state index contributed by atoms with van der Waals surface area (Å²) in [5.41, 5.74) is 3.19. The van der Waals surface area contributed by atoms with Crippen LogP contribution in [-0.2, 0) is 0 Å². The van der Waals surface area contributed by atoms with Crippen LogP contribution in [0.3, 0.4) is 0 Å². The highest BCUT2D eigenvalue weighted by Crippen LogP contribution is 2.21. The lowest BCUT2D eigenvalue weighted by Crippen LogP contribution is -2.11. The molecule has 0 unspecified atom stereocenters. The topological polar surface area (TPSA) is 29.1 Å². The first kappa shape index (κ1) is 11.9. The zero-order valence-electron chi connectivity index (χ0n) is 10.2. The summed E-state index contributed by atoms with van der Waals surface area (Å²) in [6.07, 6.45) is 0. The maximum Gasteiger partial charge on any atom is 0.265 e. The molecule has 0 aliphatic rings. The van der Waals surface area contributed by atoms with E-state index in [2.05, 4.69) is 5.32 Å². The van der Waals surface area contributed by atoms with Gasteiger partial charge in [-0.3, -0.25) is 4.79 Å². The van der Waals surface area contributed by atoms with Gasteiger partial charge in [-0.2, -0.15) is 0 Å². The van der Waals surface area contributed by atoms with Crippen molar-refractivity contribution in [3.8, 4) is 0 Å². The van der Waals surface area contributed by atoms with Gasteiger partial charge in [-0.15, -0.1) is 11.3 Å². The molecule has 0 fully saturated rings.